The van der Waals surface area contributed by atoms with Crippen LogP contribution in [0.4, 0.5) is 0 Å². The lowest BCUT2D eigenvalue weighted by Gasteiger charge is -2.16. The molecule has 0 aliphatic heterocycles. The van der Waals surface area contributed by atoms with Crippen molar-refractivity contribution < 1.29 is 14.6 Å². The van der Waals surface area contributed by atoms with Crippen LogP contribution in [0.15, 0.2) is 48.9 Å². The third-order valence-electron chi connectivity index (χ3n) is 3.56. The van der Waals surface area contributed by atoms with Crippen molar-refractivity contribution in [2.45, 2.75) is 12.6 Å². The van der Waals surface area contributed by atoms with Gasteiger partial charge in [-0.25, -0.2) is 4.98 Å². The number of imidazole rings is 1. The van der Waals surface area contributed by atoms with Gasteiger partial charge < -0.3 is 14.4 Å². The molecule has 3 rings (SSSR count). The number of H-pyrrole nitrogens is 1. The zero-order chi connectivity index (χ0) is 17.6. The number of nitrogens with one attached hydrogen (secondary N) is 1. The summed E-state index contributed by atoms with van der Waals surface area (Å²) in [5.41, 5.74) is 1.35. The number of hydrogen-bond donors (Lipinski definition) is 2. The number of hydrogen-bond acceptors (Lipinski definition) is 7. The molecular weight excluding hydrogens is 324 g/mol. The second-order valence-corrected chi connectivity index (χ2v) is 5.22. The molecule has 0 bridgehead atoms. The van der Waals surface area contributed by atoms with Gasteiger partial charge in [-0.05, 0) is 10.8 Å². The van der Waals surface area contributed by atoms with Crippen LogP contribution in [0.25, 0.3) is 5.76 Å². The fourth-order valence-electron chi connectivity index (χ4n) is 2.28. The summed E-state index contributed by atoms with van der Waals surface area (Å²) in [6.07, 6.45) is 4.49. The van der Waals surface area contributed by atoms with Gasteiger partial charge in [0, 0.05) is 25.8 Å². The highest BCUT2D eigenvalue weighted by Gasteiger charge is 2.15. The Labute approximate surface area is 143 Å². The van der Waals surface area contributed by atoms with Gasteiger partial charge in [-0.2, -0.15) is 5.21 Å². The molecule has 1 atom stereocenters. The Morgan fingerprint density at radius 1 is 1.40 bits per heavy atom. The standard InChI is InChI=1S/C16H16N6O3/c1-25-15(7-11-5-3-2-4-6-11)22-9-12(17-10-22)13(23)8-14(24)16-18-20-21-19-16/h2-6,8-10,15,23H,7H2,1H3,(H,18,19,20,21). The Balaban J connectivity index is 1.75. The normalized spacial score (nSPS) is 12.9. The number of aromatic nitrogens is 6. The van der Waals surface area contributed by atoms with Crippen LogP contribution in [0.5, 0.6) is 0 Å². The lowest BCUT2D eigenvalue weighted by Crippen LogP contribution is -2.12. The molecule has 128 valence electrons. The smallest absolute Gasteiger partial charge is 0.244 e. The van der Waals surface area contributed by atoms with Gasteiger partial charge in [0.2, 0.25) is 11.6 Å². The molecule has 3 aromatic rings. The van der Waals surface area contributed by atoms with Crippen molar-refractivity contribution in [3.8, 4) is 0 Å². The first-order valence-electron chi connectivity index (χ1n) is 7.46. The molecule has 9 nitrogen and oxygen atoms in total. The number of ketones is 1. The third kappa shape index (κ3) is 3.96. The van der Waals surface area contributed by atoms with Crippen molar-refractivity contribution in [2.75, 3.05) is 7.11 Å². The molecule has 0 aliphatic carbocycles. The Kier molecular flexibility index (Phi) is 4.95. The summed E-state index contributed by atoms with van der Waals surface area (Å²) >= 11 is 0. The molecule has 25 heavy (non-hydrogen) atoms. The molecule has 1 aromatic carbocycles. The minimum Gasteiger partial charge on any atom is -0.505 e. The van der Waals surface area contributed by atoms with E-state index in [4.69, 9.17) is 4.74 Å². The van der Waals surface area contributed by atoms with E-state index in [0.29, 0.717) is 6.42 Å². The summed E-state index contributed by atoms with van der Waals surface area (Å²) < 4.78 is 7.22. The van der Waals surface area contributed by atoms with E-state index < -0.39 is 5.78 Å². The number of aliphatic hydroxyl groups excluding tert-OH is 1. The van der Waals surface area contributed by atoms with Gasteiger partial charge in [-0.3, -0.25) is 4.79 Å². The molecule has 1 unspecified atom stereocenters. The van der Waals surface area contributed by atoms with Crippen LogP contribution < -0.4 is 0 Å². The summed E-state index contributed by atoms with van der Waals surface area (Å²) in [5, 5.41) is 22.7. The number of benzene rings is 1. The second-order valence-electron chi connectivity index (χ2n) is 5.22. The van der Waals surface area contributed by atoms with Crippen molar-refractivity contribution >= 4 is 11.5 Å². The van der Waals surface area contributed by atoms with Crippen molar-refractivity contribution in [1.29, 1.82) is 0 Å². The van der Waals surface area contributed by atoms with E-state index in [2.05, 4.69) is 25.6 Å². The van der Waals surface area contributed by atoms with E-state index in [1.54, 1.807) is 17.9 Å². The average molecular weight is 340 g/mol. The van der Waals surface area contributed by atoms with Crippen molar-refractivity contribution in [3.63, 3.8) is 0 Å². The molecule has 2 aromatic heterocycles. The van der Waals surface area contributed by atoms with Crippen LogP contribution >= 0.6 is 0 Å². The van der Waals surface area contributed by atoms with E-state index in [-0.39, 0.29) is 23.5 Å². The van der Waals surface area contributed by atoms with Gasteiger partial charge in [0.25, 0.3) is 0 Å². The van der Waals surface area contributed by atoms with Crippen molar-refractivity contribution in [2.24, 2.45) is 0 Å². The van der Waals surface area contributed by atoms with Gasteiger partial charge in [-0.1, -0.05) is 30.3 Å². The fourth-order valence-corrected chi connectivity index (χ4v) is 2.28. The molecular formula is C16H16N6O3. The molecule has 0 fully saturated rings. The topological polar surface area (TPSA) is 119 Å². The SMILES string of the molecule is COC(Cc1ccccc1)n1cnc(C(O)=CC(=O)c2nn[nH]n2)c1. The van der Waals surface area contributed by atoms with E-state index in [9.17, 15) is 9.90 Å². The number of ether oxygens (including phenoxy) is 1. The zero-order valence-electron chi connectivity index (χ0n) is 13.4. The molecule has 0 spiro atoms. The molecule has 2 N–H and O–H groups in total. The van der Waals surface area contributed by atoms with Crippen LogP contribution in [-0.2, 0) is 11.2 Å². The molecule has 2 heterocycles. The predicted molar refractivity (Wildman–Crippen MR) is 87.5 cm³/mol. The first-order valence-corrected chi connectivity index (χ1v) is 7.46. The molecule has 0 aliphatic rings. The number of carbonyl (C=O) groups excluding carboxylic acids is 1. The number of carbonyl (C=O) groups is 1. The minimum atomic E-state index is -0.576. The number of aliphatic hydroxyl groups is 1. The van der Waals surface area contributed by atoms with E-state index in [1.807, 2.05) is 30.3 Å². The number of tetrazole rings is 1. The van der Waals surface area contributed by atoms with Crippen LogP contribution in [-0.4, -0.2) is 48.2 Å². The van der Waals surface area contributed by atoms with Crippen molar-refractivity contribution in [1.82, 2.24) is 30.2 Å². The minimum absolute atomic E-state index is 0.134. The van der Waals surface area contributed by atoms with E-state index in [1.165, 1.54) is 6.33 Å². The van der Waals surface area contributed by atoms with Gasteiger partial charge >= 0.3 is 0 Å². The summed E-state index contributed by atoms with van der Waals surface area (Å²) in [6.45, 7) is 0. The maximum atomic E-state index is 11.8. The Bertz CT molecular complexity index is 857. The summed E-state index contributed by atoms with van der Waals surface area (Å²) in [5.74, 6) is -0.999. The molecule has 0 saturated carbocycles. The highest BCUT2D eigenvalue weighted by molar-refractivity contribution is 6.04. The number of nitrogens with zero attached hydrogens (tertiary/aromatic N) is 5. The van der Waals surface area contributed by atoms with Crippen LogP contribution in [0.1, 0.15) is 28.1 Å². The largest absolute Gasteiger partial charge is 0.505 e. The highest BCUT2D eigenvalue weighted by Crippen LogP contribution is 2.18. The Hall–Kier alpha value is -3.33. The second kappa shape index (κ2) is 7.49. The lowest BCUT2D eigenvalue weighted by atomic mass is 10.1. The van der Waals surface area contributed by atoms with Gasteiger partial charge in [0.1, 0.15) is 17.7 Å². The highest BCUT2D eigenvalue weighted by atomic mass is 16.5. The molecule has 0 saturated heterocycles. The lowest BCUT2D eigenvalue weighted by molar-refractivity contribution is 0.0444. The molecule has 0 amide bonds. The first kappa shape index (κ1) is 16.5. The number of aromatic amines is 1. The first-order chi connectivity index (χ1) is 12.2. The maximum Gasteiger partial charge on any atom is 0.244 e. The quantitative estimate of drug-likeness (QED) is 0.380. The van der Waals surface area contributed by atoms with Gasteiger partial charge in [0.15, 0.2) is 0 Å². The van der Waals surface area contributed by atoms with E-state index in [0.717, 1.165) is 11.6 Å². The van der Waals surface area contributed by atoms with Crippen molar-refractivity contribution in [3.05, 3.63) is 66.0 Å². The average Bonchev–Trinajstić information content (AvgIpc) is 3.32. The van der Waals surface area contributed by atoms with Gasteiger partial charge in [0.05, 0.1) is 6.33 Å². The molecule has 9 heteroatoms. The molecule has 0 radical (unpaired) electrons. The zero-order valence-corrected chi connectivity index (χ0v) is 13.4. The number of allylic oxidation sites excluding steroid dienone is 1. The summed E-state index contributed by atoms with van der Waals surface area (Å²) in [4.78, 5) is 16.0. The van der Waals surface area contributed by atoms with Crippen LogP contribution in [0.2, 0.25) is 0 Å². The summed E-state index contributed by atoms with van der Waals surface area (Å²) in [6, 6.07) is 9.87. The fraction of sp³-hybridized carbons (Fsp3) is 0.188. The Morgan fingerprint density at radius 2 is 2.20 bits per heavy atom. The van der Waals surface area contributed by atoms with Gasteiger partial charge in [-0.15, -0.1) is 10.2 Å². The Morgan fingerprint density at radius 3 is 2.88 bits per heavy atom. The third-order valence-corrected chi connectivity index (χ3v) is 3.56. The predicted octanol–water partition coefficient (Wildman–Crippen LogP) is 1.57. The summed E-state index contributed by atoms with van der Waals surface area (Å²) in [7, 11) is 1.60. The maximum absolute atomic E-state index is 11.8. The number of methoxy groups -OCH3 is 1. The van der Waals surface area contributed by atoms with Crippen LogP contribution in [0, 0.1) is 0 Å². The van der Waals surface area contributed by atoms with E-state index >= 15 is 0 Å². The monoisotopic (exact) mass is 340 g/mol. The number of rotatable bonds is 7. The van der Waals surface area contributed by atoms with Crippen LogP contribution in [0.3, 0.4) is 0 Å².